The van der Waals surface area contributed by atoms with E-state index in [4.69, 9.17) is 32.8 Å². The molecule has 1 saturated heterocycles. The Morgan fingerprint density at radius 2 is 1.67 bits per heavy atom. The highest BCUT2D eigenvalue weighted by Gasteiger charge is 2.40. The van der Waals surface area contributed by atoms with Crippen molar-refractivity contribution in [2.24, 2.45) is 37.4 Å². The molecule has 1 fully saturated rings. The Kier molecular flexibility index (Phi) is 13.9. The number of carbonyl (C=O) groups is 4. The van der Waals surface area contributed by atoms with Crippen LogP contribution in [0.2, 0.25) is 5.15 Å². The lowest BCUT2D eigenvalue weighted by Gasteiger charge is -2.39. The van der Waals surface area contributed by atoms with Gasteiger partial charge in [-0.2, -0.15) is 0 Å². The molecule has 0 saturated carbocycles. The second-order valence-electron chi connectivity index (χ2n) is 11.8. The number of nitrogens with zero attached hydrogens (tertiary/aromatic N) is 9. The van der Waals surface area contributed by atoms with Crippen LogP contribution in [-0.2, 0) is 25.5 Å². The van der Waals surface area contributed by atoms with Crippen molar-refractivity contribution >= 4 is 52.9 Å². The fraction of sp³-hybridized carbons (Fsp3) is 0.516. The second-order valence-corrected chi connectivity index (χ2v) is 12.2. The molecule has 3 heterocycles. The zero-order valence-electron chi connectivity index (χ0n) is 28.5. The number of piperidine rings is 1. The van der Waals surface area contributed by atoms with Crippen LogP contribution in [0.1, 0.15) is 62.0 Å². The molecule has 6 N–H and O–H groups in total. The predicted molar refractivity (Wildman–Crippen MR) is 184 cm³/mol. The van der Waals surface area contributed by atoms with Crippen molar-refractivity contribution in [3.05, 3.63) is 40.7 Å². The first kappa shape index (κ1) is 38.3. The van der Waals surface area contributed by atoms with E-state index in [2.05, 4.69) is 46.3 Å². The van der Waals surface area contributed by atoms with Crippen LogP contribution in [-0.4, -0.2) is 101 Å². The number of aliphatic imine (C=N–C) groups is 1. The number of aromatic nitrogens is 2. The third kappa shape index (κ3) is 10.8. The molecule has 1 spiro atoms. The highest BCUT2D eigenvalue weighted by atomic mass is 35.5. The minimum Gasteiger partial charge on any atom is -0.482 e. The van der Waals surface area contributed by atoms with E-state index >= 15 is 0 Å². The van der Waals surface area contributed by atoms with E-state index in [1.165, 1.54) is 0 Å². The van der Waals surface area contributed by atoms with Crippen LogP contribution in [0.5, 0.6) is 5.75 Å². The number of halogens is 1. The summed E-state index contributed by atoms with van der Waals surface area (Å²) in [5.41, 5.74) is 0.260. The smallest absolute Gasteiger partial charge is 0.344 e. The quantitative estimate of drug-likeness (QED) is 0.0895. The molecule has 274 valence electrons. The third-order valence-electron chi connectivity index (χ3n) is 8.17. The summed E-state index contributed by atoms with van der Waals surface area (Å²) in [6, 6.07) is 7.13. The lowest BCUT2D eigenvalue weighted by molar-refractivity contribution is -0.153. The molecule has 0 aliphatic carbocycles. The Labute approximate surface area is 299 Å². The number of likely N-dealkylation sites (tertiary alicyclic amines) is 1. The SMILES string of the molecule is CCCN(CCC)C(=O)COC(=O)COc1ccc(CCC(=O)N2CCC3(CC2)CN=C(NC(=O)c2nc(Cl)c(N=NN)nc2N=NN)N3)cc1. The number of guanidine groups is 1. The number of esters is 1. The van der Waals surface area contributed by atoms with Gasteiger partial charge in [0.25, 0.3) is 11.8 Å². The summed E-state index contributed by atoms with van der Waals surface area (Å²) in [6.07, 6.45) is 3.76. The van der Waals surface area contributed by atoms with E-state index in [1.807, 2.05) is 30.9 Å². The van der Waals surface area contributed by atoms with Crippen molar-refractivity contribution in [1.82, 2.24) is 30.4 Å². The number of carbonyl (C=O) groups excluding carboxylic acids is 4. The Balaban J connectivity index is 1.17. The number of nitrogens with one attached hydrogen (secondary N) is 2. The standard InChI is InChI=1S/C31H42ClN13O6/c1-3-13-44(14-4-2)23(47)17-51-24(48)18-50-21-8-5-20(6-9-21)7-10-22(46)45-15-11-31(12-16-45)19-35-30(39-31)38-29(49)25-27(40-42-33)37-28(41-43-34)26(32)36-25/h5-6,8-9H,3-4,7,10-19H2,1-2H3,(H2,35,38,39,49)(H4,33,34,37,40,41). The maximum atomic E-state index is 13.0. The van der Waals surface area contributed by atoms with Gasteiger partial charge in [-0.05, 0) is 49.8 Å². The van der Waals surface area contributed by atoms with Crippen LogP contribution < -0.4 is 27.1 Å². The van der Waals surface area contributed by atoms with Gasteiger partial charge in [0, 0.05) is 32.6 Å². The molecule has 0 radical (unpaired) electrons. The van der Waals surface area contributed by atoms with E-state index in [0.717, 1.165) is 18.4 Å². The molecule has 1 aromatic carbocycles. The molecule has 51 heavy (non-hydrogen) atoms. The lowest BCUT2D eigenvalue weighted by Crippen LogP contribution is -2.57. The average Bonchev–Trinajstić information content (AvgIpc) is 3.51. The van der Waals surface area contributed by atoms with Crippen molar-refractivity contribution in [3.63, 3.8) is 0 Å². The molecule has 20 heteroatoms. The normalized spacial score (nSPS) is 15.1. The number of nitrogens with two attached hydrogens (primary N) is 2. The Bertz CT molecular complexity index is 1640. The summed E-state index contributed by atoms with van der Waals surface area (Å²) in [5.74, 6) is 8.97. The highest BCUT2D eigenvalue weighted by molar-refractivity contribution is 6.31. The van der Waals surface area contributed by atoms with E-state index in [-0.39, 0.29) is 53.5 Å². The summed E-state index contributed by atoms with van der Waals surface area (Å²) in [4.78, 5) is 66.3. The molecule has 19 nitrogen and oxygen atoms in total. The molecule has 2 aromatic rings. The largest absolute Gasteiger partial charge is 0.482 e. The third-order valence-corrected chi connectivity index (χ3v) is 8.42. The van der Waals surface area contributed by atoms with Crippen molar-refractivity contribution in [2.75, 3.05) is 45.9 Å². The van der Waals surface area contributed by atoms with E-state index in [0.29, 0.717) is 64.2 Å². The Hall–Kier alpha value is -5.46. The molecule has 4 rings (SSSR count). The fourth-order valence-electron chi connectivity index (χ4n) is 5.54. The summed E-state index contributed by atoms with van der Waals surface area (Å²) < 4.78 is 10.6. The average molecular weight is 728 g/mol. The molecule has 2 aliphatic heterocycles. The number of benzene rings is 1. The minimum absolute atomic E-state index is 0.0287. The van der Waals surface area contributed by atoms with Crippen molar-refractivity contribution in [2.45, 2.75) is 57.9 Å². The lowest BCUT2D eigenvalue weighted by atomic mass is 9.88. The van der Waals surface area contributed by atoms with E-state index in [1.54, 1.807) is 17.0 Å². The van der Waals surface area contributed by atoms with E-state index < -0.39 is 17.4 Å². The number of hydrogen-bond acceptors (Lipinski definition) is 14. The molecule has 0 atom stereocenters. The van der Waals surface area contributed by atoms with E-state index in [9.17, 15) is 19.2 Å². The van der Waals surface area contributed by atoms with Crippen LogP contribution >= 0.6 is 11.6 Å². The Morgan fingerprint density at radius 1 is 1.00 bits per heavy atom. The topological polar surface area (TPSA) is 257 Å². The van der Waals surface area contributed by atoms with Crippen molar-refractivity contribution in [1.29, 1.82) is 0 Å². The van der Waals surface area contributed by atoms with Gasteiger partial charge in [-0.25, -0.2) is 14.8 Å². The summed E-state index contributed by atoms with van der Waals surface area (Å²) in [7, 11) is 0. The highest BCUT2D eigenvalue weighted by Crippen LogP contribution is 2.28. The van der Waals surface area contributed by atoms with Crippen LogP contribution in [0.15, 0.2) is 49.9 Å². The number of ether oxygens (including phenoxy) is 2. The fourth-order valence-corrected chi connectivity index (χ4v) is 5.70. The molecular formula is C31H42ClN13O6. The monoisotopic (exact) mass is 727 g/mol. The number of amides is 3. The minimum atomic E-state index is -0.703. The van der Waals surface area contributed by atoms with Gasteiger partial charge in [0.05, 0.1) is 12.1 Å². The molecule has 0 unspecified atom stereocenters. The summed E-state index contributed by atoms with van der Waals surface area (Å²) >= 11 is 6.04. The summed E-state index contributed by atoms with van der Waals surface area (Å²) in [6.45, 7) is 6.03. The number of hydrogen-bond donors (Lipinski definition) is 4. The van der Waals surface area contributed by atoms with Crippen LogP contribution in [0.4, 0.5) is 11.6 Å². The van der Waals surface area contributed by atoms with Crippen LogP contribution in [0.3, 0.4) is 0 Å². The van der Waals surface area contributed by atoms with Gasteiger partial charge >= 0.3 is 5.97 Å². The number of aryl methyl sites for hydroxylation is 1. The molecule has 2 aliphatic rings. The summed E-state index contributed by atoms with van der Waals surface area (Å²) in [5, 5.41) is 19.1. The first-order chi connectivity index (χ1) is 24.6. The van der Waals surface area contributed by atoms with Crippen LogP contribution in [0, 0.1) is 0 Å². The number of rotatable bonds is 15. The van der Waals surface area contributed by atoms with Gasteiger partial charge in [-0.3, -0.25) is 24.7 Å². The molecule has 3 amide bonds. The molecule has 1 aromatic heterocycles. The van der Waals surface area contributed by atoms with Gasteiger partial charge in [-0.1, -0.05) is 48.0 Å². The van der Waals surface area contributed by atoms with Gasteiger partial charge in [0.15, 0.2) is 30.0 Å². The molecule has 0 bridgehead atoms. The second kappa shape index (κ2) is 18.5. The van der Waals surface area contributed by atoms with Gasteiger partial charge in [-0.15, -0.1) is 10.2 Å². The first-order valence-electron chi connectivity index (χ1n) is 16.5. The zero-order chi connectivity index (χ0) is 36.8. The maximum Gasteiger partial charge on any atom is 0.344 e. The predicted octanol–water partition coefficient (Wildman–Crippen LogP) is 2.30. The molecular weight excluding hydrogens is 686 g/mol. The van der Waals surface area contributed by atoms with Gasteiger partial charge in [0.2, 0.25) is 17.5 Å². The van der Waals surface area contributed by atoms with Crippen molar-refractivity contribution in [3.8, 4) is 5.75 Å². The Morgan fingerprint density at radius 3 is 2.31 bits per heavy atom. The first-order valence-corrected chi connectivity index (χ1v) is 16.8. The maximum absolute atomic E-state index is 13.0. The van der Waals surface area contributed by atoms with Crippen LogP contribution in [0.25, 0.3) is 0 Å². The van der Waals surface area contributed by atoms with Crippen molar-refractivity contribution < 1.29 is 28.7 Å². The van der Waals surface area contributed by atoms with Gasteiger partial charge < -0.3 is 36.3 Å². The zero-order valence-corrected chi connectivity index (χ0v) is 29.3. The van der Waals surface area contributed by atoms with Gasteiger partial charge in [0.1, 0.15) is 5.75 Å².